The molecule has 7 rings (SSSR count). The lowest BCUT2D eigenvalue weighted by atomic mass is 10.0. The van der Waals surface area contributed by atoms with Crippen LogP contribution in [0.5, 0.6) is 6.01 Å². The molecule has 2 aromatic carbocycles. The summed E-state index contributed by atoms with van der Waals surface area (Å²) in [5.74, 6) is 0.512. The number of anilines is 2. The number of nitriles is 1. The Morgan fingerprint density at radius 2 is 1.88 bits per heavy atom. The van der Waals surface area contributed by atoms with Gasteiger partial charge in [0.1, 0.15) is 12.4 Å². The summed E-state index contributed by atoms with van der Waals surface area (Å²) < 4.78 is 7.78. The van der Waals surface area contributed by atoms with Crippen molar-refractivity contribution in [3.05, 3.63) is 93.5 Å². The van der Waals surface area contributed by atoms with E-state index in [2.05, 4.69) is 58.7 Å². The molecule has 3 aliphatic rings. The third kappa shape index (κ3) is 6.53. The number of piperazine rings is 1. The highest BCUT2D eigenvalue weighted by atomic mass is 35.5. The number of benzene rings is 2. The van der Waals surface area contributed by atoms with Crippen molar-refractivity contribution >= 4 is 45.4 Å². The van der Waals surface area contributed by atoms with Crippen LogP contribution in [0.4, 0.5) is 11.5 Å². The Hall–Kier alpha value is -4.92. The van der Waals surface area contributed by atoms with Gasteiger partial charge in [-0.1, -0.05) is 42.4 Å². The molecule has 2 atom stereocenters. The highest BCUT2D eigenvalue weighted by Crippen LogP contribution is 2.37. The van der Waals surface area contributed by atoms with Crippen LogP contribution in [-0.4, -0.2) is 88.7 Å². The lowest BCUT2D eigenvalue weighted by Crippen LogP contribution is -2.56. The molecule has 0 unspecified atom stereocenters. The number of fused-ring (bicyclic) bond motifs is 2. The van der Waals surface area contributed by atoms with Gasteiger partial charge in [0, 0.05) is 73.7 Å². The van der Waals surface area contributed by atoms with Gasteiger partial charge in [0.25, 0.3) is 11.5 Å². The predicted molar refractivity (Wildman–Crippen MR) is 196 cm³/mol. The summed E-state index contributed by atoms with van der Waals surface area (Å²) in [6.45, 7) is 8.19. The average molecular weight is 693 g/mol. The Bertz CT molecular complexity index is 2050. The summed E-state index contributed by atoms with van der Waals surface area (Å²) in [5.41, 5.74) is 3.51. The molecule has 0 radical (unpaired) electrons. The number of hydrogen-bond acceptors (Lipinski definition) is 9. The van der Waals surface area contributed by atoms with Gasteiger partial charge in [-0.2, -0.15) is 15.2 Å². The maximum absolute atomic E-state index is 13.8. The van der Waals surface area contributed by atoms with E-state index in [1.54, 1.807) is 24.2 Å². The van der Waals surface area contributed by atoms with E-state index < -0.39 is 6.04 Å². The fourth-order valence-electron chi connectivity index (χ4n) is 7.45. The number of likely N-dealkylation sites (tertiary alicyclic amines) is 1. The number of pyridine rings is 1. The number of halogens is 1. The van der Waals surface area contributed by atoms with Crippen molar-refractivity contribution in [2.45, 2.75) is 44.3 Å². The zero-order valence-corrected chi connectivity index (χ0v) is 29.3. The number of carbonyl (C=O) groups excluding carboxylic acids is 1. The van der Waals surface area contributed by atoms with E-state index >= 15 is 0 Å². The van der Waals surface area contributed by atoms with Gasteiger partial charge in [0.2, 0.25) is 0 Å². The second-order valence-corrected chi connectivity index (χ2v) is 13.8. The number of aryl methyl sites for hydroxylation is 1. The zero-order valence-electron chi connectivity index (χ0n) is 28.5. The molecule has 0 aliphatic carbocycles. The molecule has 1 amide bonds. The molecule has 0 saturated carbocycles. The number of likely N-dealkylation sites (N-methyl/N-ethyl adjacent to an activating group) is 1. The van der Waals surface area contributed by atoms with Crippen LogP contribution in [0.15, 0.2) is 66.1 Å². The summed E-state index contributed by atoms with van der Waals surface area (Å²) in [4.78, 5) is 44.6. The topological polar surface area (TPSA) is 111 Å². The van der Waals surface area contributed by atoms with Crippen molar-refractivity contribution in [3.63, 3.8) is 0 Å². The summed E-state index contributed by atoms with van der Waals surface area (Å²) in [6.07, 6.45) is 4.68. The molecular formula is C38H41ClN8O3. The van der Waals surface area contributed by atoms with Gasteiger partial charge in [-0.3, -0.25) is 9.59 Å². The van der Waals surface area contributed by atoms with Crippen LogP contribution in [0.3, 0.4) is 0 Å². The maximum Gasteiger partial charge on any atom is 0.318 e. The van der Waals surface area contributed by atoms with Crippen LogP contribution in [0.1, 0.15) is 36.1 Å². The monoisotopic (exact) mass is 692 g/mol. The van der Waals surface area contributed by atoms with Crippen LogP contribution in [0.25, 0.3) is 16.3 Å². The van der Waals surface area contributed by atoms with Gasteiger partial charge in [-0.05, 0) is 62.0 Å². The van der Waals surface area contributed by atoms with Crippen LogP contribution >= 0.6 is 11.6 Å². The molecular weight excluding hydrogens is 652 g/mol. The van der Waals surface area contributed by atoms with Gasteiger partial charge in [0.05, 0.1) is 35.8 Å². The Kier molecular flexibility index (Phi) is 9.49. The van der Waals surface area contributed by atoms with Gasteiger partial charge in [-0.15, -0.1) is 0 Å². The number of nitrogens with zero attached hydrogens (tertiary/aromatic N) is 8. The largest absolute Gasteiger partial charge is 0.462 e. The summed E-state index contributed by atoms with van der Waals surface area (Å²) >= 11 is 6.74. The molecule has 4 aromatic rings. The average Bonchev–Trinajstić information content (AvgIpc) is 3.54. The predicted octanol–water partition coefficient (Wildman–Crippen LogP) is 4.66. The van der Waals surface area contributed by atoms with Crippen LogP contribution in [0, 0.1) is 11.3 Å². The maximum atomic E-state index is 13.8. The summed E-state index contributed by atoms with van der Waals surface area (Å²) in [7, 11) is 3.78. The number of amides is 1. The van der Waals surface area contributed by atoms with Crippen LogP contribution < -0.4 is 20.1 Å². The Labute approximate surface area is 296 Å². The van der Waals surface area contributed by atoms with Gasteiger partial charge in [0.15, 0.2) is 0 Å². The Morgan fingerprint density at radius 3 is 2.64 bits per heavy atom. The number of aromatic nitrogens is 3. The minimum Gasteiger partial charge on any atom is -0.462 e. The van der Waals surface area contributed by atoms with E-state index in [-0.39, 0.29) is 23.5 Å². The third-order valence-electron chi connectivity index (χ3n) is 10.4. The second-order valence-electron chi connectivity index (χ2n) is 13.4. The minimum absolute atomic E-state index is 0.145. The molecule has 0 N–H and O–H groups in total. The quantitative estimate of drug-likeness (QED) is 0.244. The van der Waals surface area contributed by atoms with Crippen LogP contribution in [0.2, 0.25) is 5.02 Å². The number of hydrogen-bond donors (Lipinski definition) is 0. The Balaban J connectivity index is 1.19. The first-order valence-electron chi connectivity index (χ1n) is 17.2. The summed E-state index contributed by atoms with van der Waals surface area (Å²) in [5, 5.41) is 12.6. The lowest BCUT2D eigenvalue weighted by Gasteiger charge is -2.42. The number of rotatable bonds is 8. The van der Waals surface area contributed by atoms with Crippen molar-refractivity contribution in [2.24, 2.45) is 7.05 Å². The molecule has 258 valence electrons. The lowest BCUT2D eigenvalue weighted by molar-refractivity contribution is -0.127. The SMILES string of the molecule is C=C(C(=O)N1CCN(c2nc(OC[C@@H]3CCCN3C)nc3c2CCN(c2cccc4cccc(Cl)c24)C3)C[C@@H]1CC#N)c1ccn(C)c(=O)c1. The fraction of sp³-hybridized carbons (Fsp3) is 0.395. The first-order chi connectivity index (χ1) is 24.2. The van der Waals surface area contributed by atoms with Gasteiger partial charge < -0.3 is 28.9 Å². The third-order valence-corrected chi connectivity index (χ3v) is 10.7. The van der Waals surface area contributed by atoms with Crippen molar-refractivity contribution in [3.8, 4) is 12.1 Å². The van der Waals surface area contributed by atoms with E-state index in [0.29, 0.717) is 61.8 Å². The summed E-state index contributed by atoms with van der Waals surface area (Å²) in [6, 6.07) is 17.9. The normalized spacial score (nSPS) is 19.4. The first kappa shape index (κ1) is 33.6. The first-order valence-corrected chi connectivity index (χ1v) is 17.5. The highest BCUT2D eigenvalue weighted by Gasteiger charge is 2.35. The van der Waals surface area contributed by atoms with Crippen LogP contribution in [-0.2, 0) is 24.8 Å². The van der Waals surface area contributed by atoms with E-state index in [0.717, 1.165) is 59.5 Å². The Morgan fingerprint density at radius 1 is 1.06 bits per heavy atom. The van der Waals surface area contributed by atoms with Crippen molar-refractivity contribution in [1.82, 2.24) is 24.3 Å². The van der Waals surface area contributed by atoms with E-state index in [1.165, 1.54) is 10.6 Å². The molecule has 2 fully saturated rings. The molecule has 12 heteroatoms. The van der Waals surface area contributed by atoms with E-state index in [4.69, 9.17) is 26.3 Å². The molecule has 2 aromatic heterocycles. The molecule has 3 aliphatic heterocycles. The second kappa shape index (κ2) is 14.1. The zero-order chi connectivity index (χ0) is 34.9. The molecule has 11 nitrogen and oxygen atoms in total. The molecule has 0 spiro atoms. The fourth-order valence-corrected chi connectivity index (χ4v) is 7.73. The van der Waals surface area contributed by atoms with Crippen molar-refractivity contribution in [2.75, 3.05) is 56.2 Å². The van der Waals surface area contributed by atoms with E-state index in [1.807, 2.05) is 12.1 Å². The van der Waals surface area contributed by atoms with Crippen molar-refractivity contribution in [1.29, 1.82) is 5.26 Å². The number of ether oxygens (including phenoxy) is 1. The van der Waals surface area contributed by atoms with Gasteiger partial charge in [-0.25, -0.2) is 0 Å². The molecule has 5 heterocycles. The molecule has 50 heavy (non-hydrogen) atoms. The standard InChI is InChI=1S/C38H41ClN8O3/c1-25(27-13-17-44(3)34(48)21-27)37(49)47-20-19-46(22-28(47)12-15-40)36-30-14-18-45(33-11-5-8-26-7-4-10-31(39)35(26)33)23-32(30)41-38(42-36)50-24-29-9-6-16-43(29)2/h4-5,7-8,10-11,13,17,21,28-29H,1,6,9,12,14,16,18-20,22-24H2,2-3H3/t28-,29-/m0/s1. The molecule has 2 saturated heterocycles. The minimum atomic E-state index is -0.399. The number of carbonyl (C=O) groups is 1. The highest BCUT2D eigenvalue weighted by molar-refractivity contribution is 6.36. The van der Waals surface area contributed by atoms with E-state index in [9.17, 15) is 14.9 Å². The smallest absolute Gasteiger partial charge is 0.318 e. The van der Waals surface area contributed by atoms with Crippen molar-refractivity contribution < 1.29 is 9.53 Å². The van der Waals surface area contributed by atoms with Gasteiger partial charge >= 0.3 is 6.01 Å². The molecule has 0 bridgehead atoms.